The summed E-state index contributed by atoms with van der Waals surface area (Å²) in [4.78, 5) is 92.2. The predicted octanol–water partition coefficient (Wildman–Crippen LogP) is 10.6. The fraction of sp³-hybridized carbons (Fsp3) is 0.333. The Labute approximate surface area is 522 Å². The van der Waals surface area contributed by atoms with E-state index in [-0.39, 0.29) is 102 Å². The molecule has 0 radical (unpaired) electrons. The normalized spacial score (nSPS) is 18.0. The van der Waals surface area contributed by atoms with E-state index in [4.69, 9.17) is 61.4 Å². The van der Waals surface area contributed by atoms with Gasteiger partial charge in [0, 0.05) is 70.8 Å². The van der Waals surface area contributed by atoms with E-state index >= 15 is 0 Å². The van der Waals surface area contributed by atoms with E-state index in [2.05, 4.69) is 43.2 Å². The number of amides is 2. The highest BCUT2D eigenvalue weighted by Crippen LogP contribution is 2.50. The molecule has 10 heterocycles. The number of nitrogens with zero attached hydrogens (tertiary/aromatic N) is 13. The van der Waals surface area contributed by atoms with Crippen molar-refractivity contribution < 1.29 is 19.8 Å². The number of nitrogens with one attached hydrogen (secondary N) is 1. The number of rotatable bonds is 8. The molecule has 0 aliphatic carbocycles. The molecule has 4 atom stereocenters. The van der Waals surface area contributed by atoms with Crippen molar-refractivity contribution in [3.63, 3.8) is 0 Å². The Balaban J connectivity index is 0.000000180. The summed E-state index contributed by atoms with van der Waals surface area (Å²) in [6.07, 6.45) is 6.08. The molecule has 12 rings (SSSR count). The van der Waals surface area contributed by atoms with Crippen molar-refractivity contribution in [1.82, 2.24) is 48.8 Å². The summed E-state index contributed by atoms with van der Waals surface area (Å²) in [7, 11) is 1.91. The van der Waals surface area contributed by atoms with Gasteiger partial charge in [0.15, 0.2) is 11.3 Å². The SMILES string of the molecule is C=CC(=O)N1CC(C)N2c3nc(=O)n(-c4c(C)ccnc4C(C)C)c4nc(-c5c(O)cccc5Cl)c(Cl)c(c34)N(C)CC2C1.C=CC(=O)N1CC(C)N2c3nc(=O)n(-c4c(C)ccnc4C(C)C)c4nc(-c5c(O)cccc5Cl)c(Cl)c(c34)NCC2C1. The largest absolute Gasteiger partial charge is 0.507 e. The third kappa shape index (κ3) is 10.2. The molecule has 0 bridgehead atoms. The molecule has 4 aliphatic rings. The molecule has 3 N–H and O–H groups in total. The fourth-order valence-electron chi connectivity index (χ4n) is 12.8. The molecule has 4 aliphatic heterocycles. The van der Waals surface area contributed by atoms with Crippen molar-refractivity contribution in [2.24, 2.45) is 0 Å². The van der Waals surface area contributed by atoms with Crippen LogP contribution in [0.2, 0.25) is 20.1 Å². The zero-order chi connectivity index (χ0) is 62.3. The Kier molecular flexibility index (Phi) is 16.3. The lowest BCUT2D eigenvalue weighted by Gasteiger charge is -2.46. The number of anilines is 4. The zero-order valence-corrected chi connectivity index (χ0v) is 52.4. The first kappa shape index (κ1) is 60.4. The zero-order valence-electron chi connectivity index (χ0n) is 49.4. The van der Waals surface area contributed by atoms with Gasteiger partial charge in [0.2, 0.25) is 11.8 Å². The second kappa shape index (κ2) is 23.4. The van der Waals surface area contributed by atoms with E-state index in [0.717, 1.165) is 16.8 Å². The highest BCUT2D eigenvalue weighted by Gasteiger charge is 2.43. The van der Waals surface area contributed by atoms with Gasteiger partial charge in [0.05, 0.1) is 99.6 Å². The lowest BCUT2D eigenvalue weighted by molar-refractivity contribution is -0.128. The Hall–Kier alpha value is -8.30. The molecule has 0 saturated carbocycles. The molecule has 8 aromatic rings. The summed E-state index contributed by atoms with van der Waals surface area (Å²) in [5, 5.41) is 27.5. The number of phenolic OH excluding ortho intramolecular Hbond substituents is 2. The average molecular weight is 1260 g/mol. The second-order valence-electron chi connectivity index (χ2n) is 23.1. The predicted molar refractivity (Wildman–Crippen MR) is 345 cm³/mol. The van der Waals surface area contributed by atoms with Gasteiger partial charge in [-0.05, 0) is 99.2 Å². The number of fused-ring (bicyclic) bond motifs is 4. The molecule has 6 aromatic heterocycles. The number of hydrogen-bond acceptors (Lipinski definition) is 16. The van der Waals surface area contributed by atoms with E-state index in [1.807, 2.05) is 79.5 Å². The van der Waals surface area contributed by atoms with Gasteiger partial charge in [-0.15, -0.1) is 0 Å². The topological polar surface area (TPSA) is 224 Å². The highest BCUT2D eigenvalue weighted by atomic mass is 35.5. The molecule has 20 nitrogen and oxygen atoms in total. The van der Waals surface area contributed by atoms with E-state index in [1.54, 1.807) is 46.5 Å². The number of carbonyl (C=O) groups excluding carboxylic acids is 2. The first-order chi connectivity index (χ1) is 41.5. The number of piperazine rings is 2. The van der Waals surface area contributed by atoms with Crippen molar-refractivity contribution in [3.8, 4) is 45.4 Å². The fourth-order valence-corrected chi connectivity index (χ4v) is 14.0. The number of carbonyl (C=O) groups is 2. The van der Waals surface area contributed by atoms with E-state index in [1.165, 1.54) is 33.4 Å². The van der Waals surface area contributed by atoms with Crippen molar-refractivity contribution in [2.75, 3.05) is 66.3 Å². The van der Waals surface area contributed by atoms with Crippen LogP contribution in [0.25, 0.3) is 56.0 Å². The average Bonchev–Trinajstić information content (AvgIpc) is 1.73. The second-order valence-corrected chi connectivity index (χ2v) is 24.6. The smallest absolute Gasteiger partial charge is 0.355 e. The molecule has 2 amide bonds. The van der Waals surface area contributed by atoms with Crippen molar-refractivity contribution in [3.05, 3.63) is 150 Å². The molecule has 24 heteroatoms. The Morgan fingerprint density at radius 1 is 0.621 bits per heavy atom. The van der Waals surface area contributed by atoms with Crippen LogP contribution in [0.1, 0.15) is 75.9 Å². The number of halogens is 4. The van der Waals surface area contributed by atoms with Gasteiger partial charge in [-0.3, -0.25) is 19.6 Å². The summed E-state index contributed by atoms with van der Waals surface area (Å²) >= 11 is 27.6. The number of likely N-dealkylation sites (N-methyl/N-ethyl adjacent to an activating group) is 1. The maximum Gasteiger partial charge on any atom is 0.355 e. The first-order valence-corrected chi connectivity index (χ1v) is 30.0. The summed E-state index contributed by atoms with van der Waals surface area (Å²) in [6.45, 7) is 25.7. The van der Waals surface area contributed by atoms with Gasteiger partial charge in [-0.1, -0.05) is 99.4 Å². The van der Waals surface area contributed by atoms with Gasteiger partial charge in [-0.25, -0.2) is 28.7 Å². The van der Waals surface area contributed by atoms with Crippen molar-refractivity contribution >= 4 is 103 Å². The van der Waals surface area contributed by atoms with Crippen LogP contribution >= 0.6 is 46.4 Å². The number of aromatic nitrogens is 8. The van der Waals surface area contributed by atoms with E-state index in [0.29, 0.717) is 101 Å². The number of benzene rings is 2. The van der Waals surface area contributed by atoms with Crippen molar-refractivity contribution in [2.45, 2.75) is 91.4 Å². The van der Waals surface area contributed by atoms with Crippen LogP contribution in [0.4, 0.5) is 23.0 Å². The Morgan fingerprint density at radius 2 is 1.07 bits per heavy atom. The standard InChI is InChI=1S/C32H33Cl2N7O3.C31H31Cl2N7O3/c1-7-22(43)39-13-18(5)40-19(15-39)14-38(6)29-24-30(36-27(25(29)34)23-20(33)9-8-10-21(23)42)41(32(44)37-31(24)40)28-17(4)11-12-35-26(28)16(2)3;1-6-21(42)38-13-17(5)39-18(14-38)12-35-26-23-29(36-27(24(26)33)22-19(32)8-7-9-20(22)41)40(31(43)37-30(23)39)28-16(4)10-11-34-25(28)15(2)3/h7-12,16,18-19,42H,1,13-15H2,2-6H3;6-11,15,17-18,35,41H,1,12-14H2,2-5H3. The molecule has 450 valence electrons. The highest BCUT2D eigenvalue weighted by molar-refractivity contribution is 6.40. The van der Waals surface area contributed by atoms with Crippen LogP contribution in [-0.4, -0.2) is 141 Å². The number of phenols is 2. The van der Waals surface area contributed by atoms with Crippen LogP contribution in [0.15, 0.2) is 95.8 Å². The molecule has 2 fully saturated rings. The van der Waals surface area contributed by atoms with Crippen LogP contribution in [0.3, 0.4) is 0 Å². The minimum Gasteiger partial charge on any atom is -0.507 e. The third-order valence-corrected chi connectivity index (χ3v) is 17.9. The lowest BCUT2D eigenvalue weighted by atomic mass is 10.0. The number of hydrogen-bond donors (Lipinski definition) is 3. The quantitative estimate of drug-likeness (QED) is 0.120. The minimum atomic E-state index is -0.534. The molecule has 4 unspecified atom stereocenters. The lowest BCUT2D eigenvalue weighted by Crippen LogP contribution is -2.61. The molecular weight excluding hydrogens is 1190 g/mol. The van der Waals surface area contributed by atoms with E-state index in [9.17, 15) is 29.4 Å². The third-order valence-electron chi connectivity index (χ3n) is 16.6. The maximum absolute atomic E-state index is 14.3. The molecular formula is C63H64Cl4N14O6. The van der Waals surface area contributed by atoms with Crippen LogP contribution < -0.4 is 31.4 Å². The summed E-state index contributed by atoms with van der Waals surface area (Å²) in [6, 6.07) is 12.5. The van der Waals surface area contributed by atoms with E-state index < -0.39 is 11.4 Å². The molecule has 0 spiro atoms. The monoisotopic (exact) mass is 1250 g/mol. The Bertz CT molecular complexity index is 4280. The van der Waals surface area contributed by atoms with Crippen LogP contribution in [0, 0.1) is 13.8 Å². The summed E-state index contributed by atoms with van der Waals surface area (Å²) in [5.74, 6) is 0.341. The molecule has 87 heavy (non-hydrogen) atoms. The van der Waals surface area contributed by atoms with Crippen LogP contribution in [-0.2, 0) is 9.59 Å². The molecule has 2 saturated heterocycles. The van der Waals surface area contributed by atoms with Crippen LogP contribution in [0.5, 0.6) is 11.5 Å². The summed E-state index contributed by atoms with van der Waals surface area (Å²) in [5.41, 5.74) is 5.88. The van der Waals surface area contributed by atoms with Gasteiger partial charge >= 0.3 is 11.4 Å². The van der Waals surface area contributed by atoms with Gasteiger partial charge in [0.1, 0.15) is 23.1 Å². The van der Waals surface area contributed by atoms with Gasteiger partial charge in [-0.2, -0.15) is 9.97 Å². The Morgan fingerprint density at radius 3 is 1.54 bits per heavy atom. The maximum atomic E-state index is 14.3. The van der Waals surface area contributed by atoms with Gasteiger partial charge < -0.3 is 40.0 Å². The number of pyridine rings is 4. The first-order valence-electron chi connectivity index (χ1n) is 28.5. The number of aromatic hydroxyl groups is 2. The summed E-state index contributed by atoms with van der Waals surface area (Å²) < 4.78 is 2.99. The number of aryl methyl sites for hydroxylation is 2. The van der Waals surface area contributed by atoms with Crippen molar-refractivity contribution in [1.29, 1.82) is 0 Å². The molecule has 2 aromatic carbocycles. The van der Waals surface area contributed by atoms with Gasteiger partial charge in [0.25, 0.3) is 0 Å². The minimum absolute atomic E-state index is 0.0101.